The summed E-state index contributed by atoms with van der Waals surface area (Å²) in [5.41, 5.74) is 0.844. The summed E-state index contributed by atoms with van der Waals surface area (Å²) >= 11 is 9.50. The lowest BCUT2D eigenvalue weighted by Crippen LogP contribution is -2.25. The van der Waals surface area contributed by atoms with Crippen molar-refractivity contribution in [1.82, 2.24) is 25.5 Å². The van der Waals surface area contributed by atoms with Gasteiger partial charge in [-0.25, -0.2) is 0 Å². The van der Waals surface area contributed by atoms with Crippen molar-refractivity contribution in [2.75, 3.05) is 6.54 Å². The molecule has 108 valence electrons. The van der Waals surface area contributed by atoms with Crippen LogP contribution in [0.5, 0.6) is 0 Å². The quantitative estimate of drug-likeness (QED) is 0.890. The van der Waals surface area contributed by atoms with Gasteiger partial charge >= 0.3 is 0 Å². The van der Waals surface area contributed by atoms with E-state index < -0.39 is 0 Å². The number of benzene rings is 1. The zero-order chi connectivity index (χ0) is 14.7. The Kier molecular flexibility index (Phi) is 5.12. The summed E-state index contributed by atoms with van der Waals surface area (Å²) < 4.78 is 2.56. The molecule has 1 N–H and O–H groups in total. The molecular weight excluding hydrogens is 342 g/mol. The molecule has 2 aromatic rings. The predicted molar refractivity (Wildman–Crippen MR) is 83.1 cm³/mol. The molecule has 0 saturated carbocycles. The Balaban J connectivity index is 2.25. The number of aromatic nitrogens is 4. The molecule has 0 spiro atoms. The van der Waals surface area contributed by atoms with Gasteiger partial charge in [0.1, 0.15) is 0 Å². The van der Waals surface area contributed by atoms with Crippen molar-refractivity contribution in [1.29, 1.82) is 0 Å². The van der Waals surface area contributed by atoms with Gasteiger partial charge in [0, 0.05) is 4.47 Å². The molecule has 5 nitrogen and oxygen atoms in total. The minimum absolute atomic E-state index is 0.0647. The van der Waals surface area contributed by atoms with Crippen LogP contribution < -0.4 is 5.32 Å². The second-order valence-corrected chi connectivity index (χ2v) is 6.33. The van der Waals surface area contributed by atoms with E-state index >= 15 is 0 Å². The van der Waals surface area contributed by atoms with Crippen LogP contribution in [0.1, 0.15) is 32.6 Å². The van der Waals surface area contributed by atoms with E-state index in [0.717, 1.165) is 22.5 Å². The van der Waals surface area contributed by atoms with Crippen LogP contribution in [0.2, 0.25) is 5.02 Å². The van der Waals surface area contributed by atoms with E-state index in [-0.39, 0.29) is 6.04 Å². The summed E-state index contributed by atoms with van der Waals surface area (Å²) in [5.74, 6) is 1.34. The number of halogens is 2. The first-order chi connectivity index (χ1) is 9.49. The van der Waals surface area contributed by atoms with E-state index in [4.69, 9.17) is 11.6 Å². The minimum Gasteiger partial charge on any atom is -0.307 e. The topological polar surface area (TPSA) is 55.6 Å². The van der Waals surface area contributed by atoms with Crippen LogP contribution >= 0.6 is 27.5 Å². The molecular formula is C13H17BrClN5. The number of nitrogens with zero attached hydrogens (tertiary/aromatic N) is 4. The van der Waals surface area contributed by atoms with Crippen molar-refractivity contribution in [3.63, 3.8) is 0 Å². The minimum atomic E-state index is 0.0647. The fourth-order valence-electron chi connectivity index (χ4n) is 1.77. The fraction of sp³-hybridized carbons (Fsp3) is 0.462. The SMILES string of the molecule is CC(C)CNC(C)c1nnnn1-c1ccc(Br)c(Cl)c1. The normalized spacial score (nSPS) is 12.9. The molecule has 0 aliphatic carbocycles. The lowest BCUT2D eigenvalue weighted by Gasteiger charge is -2.15. The Labute approximate surface area is 131 Å². The van der Waals surface area contributed by atoms with E-state index in [2.05, 4.69) is 50.6 Å². The van der Waals surface area contributed by atoms with Crippen LogP contribution in [-0.2, 0) is 0 Å². The van der Waals surface area contributed by atoms with Crippen molar-refractivity contribution < 1.29 is 0 Å². The third kappa shape index (κ3) is 3.56. The summed E-state index contributed by atoms with van der Waals surface area (Å²) in [6.45, 7) is 7.29. The number of hydrogen-bond donors (Lipinski definition) is 1. The number of hydrogen-bond acceptors (Lipinski definition) is 4. The zero-order valence-corrected chi connectivity index (χ0v) is 14.0. The number of rotatable bonds is 5. The smallest absolute Gasteiger partial charge is 0.173 e. The van der Waals surface area contributed by atoms with Crippen molar-refractivity contribution in [3.05, 3.63) is 33.5 Å². The maximum atomic E-state index is 6.12. The zero-order valence-electron chi connectivity index (χ0n) is 11.6. The third-order valence-corrected chi connectivity index (χ3v) is 4.09. The monoisotopic (exact) mass is 357 g/mol. The largest absolute Gasteiger partial charge is 0.307 e. The number of nitrogens with one attached hydrogen (secondary N) is 1. The molecule has 7 heteroatoms. The van der Waals surface area contributed by atoms with Crippen LogP contribution in [0.4, 0.5) is 0 Å². The van der Waals surface area contributed by atoms with Crippen molar-refractivity contribution >= 4 is 27.5 Å². The van der Waals surface area contributed by atoms with Gasteiger partial charge in [0.15, 0.2) is 5.82 Å². The Morgan fingerprint density at radius 1 is 1.35 bits per heavy atom. The summed E-state index contributed by atoms with van der Waals surface area (Å²) in [7, 11) is 0. The molecule has 0 radical (unpaired) electrons. The van der Waals surface area contributed by atoms with Gasteiger partial charge in [-0.3, -0.25) is 0 Å². The summed E-state index contributed by atoms with van der Waals surface area (Å²) in [4.78, 5) is 0. The standard InChI is InChI=1S/C13H17BrClN5/c1-8(2)7-16-9(3)13-17-18-19-20(13)10-4-5-11(14)12(15)6-10/h4-6,8-9,16H,7H2,1-3H3. The lowest BCUT2D eigenvalue weighted by molar-refractivity contribution is 0.475. The molecule has 0 fully saturated rings. The first-order valence-corrected chi connectivity index (χ1v) is 7.63. The molecule has 1 unspecified atom stereocenters. The molecule has 2 rings (SSSR count). The predicted octanol–water partition coefficient (Wildman–Crippen LogP) is 3.38. The molecule has 0 saturated heterocycles. The number of tetrazole rings is 1. The summed E-state index contributed by atoms with van der Waals surface area (Å²) in [6, 6.07) is 5.70. The lowest BCUT2D eigenvalue weighted by atomic mass is 10.2. The van der Waals surface area contributed by atoms with Gasteiger partial charge in [-0.05, 0) is 63.9 Å². The van der Waals surface area contributed by atoms with Crippen LogP contribution in [0.25, 0.3) is 5.69 Å². The Hall–Kier alpha value is -0.980. The summed E-state index contributed by atoms with van der Waals surface area (Å²) in [5, 5.41) is 16.0. The van der Waals surface area contributed by atoms with E-state index in [9.17, 15) is 0 Å². The third-order valence-electron chi connectivity index (χ3n) is 2.86. The first kappa shape index (κ1) is 15.4. The van der Waals surface area contributed by atoms with Crippen LogP contribution in [0.15, 0.2) is 22.7 Å². The molecule has 1 aromatic carbocycles. The van der Waals surface area contributed by atoms with E-state index in [1.54, 1.807) is 4.68 Å². The average Bonchev–Trinajstić information content (AvgIpc) is 2.88. The maximum Gasteiger partial charge on any atom is 0.173 e. The highest BCUT2D eigenvalue weighted by Crippen LogP contribution is 2.25. The van der Waals surface area contributed by atoms with Gasteiger partial charge in [-0.2, -0.15) is 4.68 Å². The van der Waals surface area contributed by atoms with E-state index in [1.165, 1.54) is 0 Å². The molecule has 1 atom stereocenters. The molecule has 0 aliphatic rings. The fourth-order valence-corrected chi connectivity index (χ4v) is 2.19. The maximum absolute atomic E-state index is 6.12. The highest BCUT2D eigenvalue weighted by molar-refractivity contribution is 9.10. The van der Waals surface area contributed by atoms with Gasteiger partial charge in [0.05, 0.1) is 16.8 Å². The van der Waals surface area contributed by atoms with Gasteiger partial charge < -0.3 is 5.32 Å². The first-order valence-electron chi connectivity index (χ1n) is 6.46. The second kappa shape index (κ2) is 6.65. The van der Waals surface area contributed by atoms with Crippen LogP contribution in [0.3, 0.4) is 0 Å². The van der Waals surface area contributed by atoms with Gasteiger partial charge in [0.25, 0.3) is 0 Å². The van der Waals surface area contributed by atoms with E-state index in [0.29, 0.717) is 10.9 Å². The molecule has 0 amide bonds. The van der Waals surface area contributed by atoms with Crippen molar-refractivity contribution in [3.8, 4) is 5.69 Å². The molecule has 20 heavy (non-hydrogen) atoms. The van der Waals surface area contributed by atoms with Gasteiger partial charge in [0.2, 0.25) is 0 Å². The molecule has 0 aliphatic heterocycles. The Morgan fingerprint density at radius 2 is 2.10 bits per heavy atom. The highest BCUT2D eigenvalue weighted by atomic mass is 79.9. The molecule has 0 bridgehead atoms. The summed E-state index contributed by atoms with van der Waals surface area (Å²) in [6.07, 6.45) is 0. The average molecular weight is 359 g/mol. The molecule has 1 aromatic heterocycles. The Bertz CT molecular complexity index is 584. The molecule has 1 heterocycles. The van der Waals surface area contributed by atoms with Crippen LogP contribution in [-0.4, -0.2) is 26.8 Å². The second-order valence-electron chi connectivity index (χ2n) is 5.07. The van der Waals surface area contributed by atoms with Gasteiger partial charge in [-0.15, -0.1) is 5.10 Å². The van der Waals surface area contributed by atoms with Crippen molar-refractivity contribution in [2.24, 2.45) is 5.92 Å². The van der Waals surface area contributed by atoms with Crippen molar-refractivity contribution in [2.45, 2.75) is 26.8 Å². The van der Waals surface area contributed by atoms with Crippen LogP contribution in [0, 0.1) is 5.92 Å². The highest BCUT2D eigenvalue weighted by Gasteiger charge is 2.16. The Morgan fingerprint density at radius 3 is 2.75 bits per heavy atom. The van der Waals surface area contributed by atoms with E-state index in [1.807, 2.05) is 25.1 Å². The van der Waals surface area contributed by atoms with Gasteiger partial charge in [-0.1, -0.05) is 25.4 Å².